The molecule has 1 aromatic heterocycles. The molecule has 1 aromatic carbocycles. The summed E-state index contributed by atoms with van der Waals surface area (Å²) in [5, 5.41) is 5.46. The number of aromatic nitrogens is 1. The predicted molar refractivity (Wildman–Crippen MR) is 131 cm³/mol. The minimum atomic E-state index is -0.882. The van der Waals surface area contributed by atoms with Gasteiger partial charge in [0.15, 0.2) is 0 Å². The molecule has 35 heavy (non-hydrogen) atoms. The number of carbonyl (C=O) groups is 4. The first-order valence-electron chi connectivity index (χ1n) is 11.1. The molecule has 4 amide bonds. The topological polar surface area (TPSA) is 115 Å². The molecule has 1 aliphatic heterocycles. The van der Waals surface area contributed by atoms with Gasteiger partial charge in [-0.25, -0.2) is 4.39 Å². The number of likely N-dealkylation sites (N-methyl/N-ethyl adjacent to an activating group) is 1. The maximum Gasteiger partial charge on any atom is 0.256 e. The van der Waals surface area contributed by atoms with Crippen LogP contribution in [0.1, 0.15) is 45.7 Å². The summed E-state index contributed by atoms with van der Waals surface area (Å²) in [6.45, 7) is 3.44. The van der Waals surface area contributed by atoms with E-state index in [4.69, 9.17) is 0 Å². The summed E-state index contributed by atoms with van der Waals surface area (Å²) in [6, 6.07) is 3.17. The van der Waals surface area contributed by atoms with E-state index < -0.39 is 17.8 Å². The average Bonchev–Trinajstić information content (AvgIpc) is 3.24. The van der Waals surface area contributed by atoms with Gasteiger partial charge in [-0.15, -0.1) is 0 Å². The lowest BCUT2D eigenvalue weighted by Crippen LogP contribution is -2.47. The van der Waals surface area contributed by atoms with Crippen LogP contribution in [0.15, 0.2) is 18.2 Å². The fourth-order valence-electron chi connectivity index (χ4n) is 4.00. The fourth-order valence-corrected chi connectivity index (χ4v) is 4.00. The number of aromatic amines is 1. The van der Waals surface area contributed by atoms with Gasteiger partial charge in [0.2, 0.25) is 11.8 Å². The number of aryl methyl sites for hydroxylation is 1. The Morgan fingerprint density at radius 2 is 1.80 bits per heavy atom. The number of nitrogens with one attached hydrogen (secondary N) is 3. The Balaban J connectivity index is 1.89. The van der Waals surface area contributed by atoms with Crippen LogP contribution < -0.4 is 10.6 Å². The second kappa shape index (κ2) is 10.1. The smallest absolute Gasteiger partial charge is 0.256 e. The van der Waals surface area contributed by atoms with Crippen LogP contribution in [0.4, 0.5) is 10.1 Å². The van der Waals surface area contributed by atoms with Crippen molar-refractivity contribution in [2.24, 2.45) is 0 Å². The summed E-state index contributed by atoms with van der Waals surface area (Å²) >= 11 is 0. The maximum absolute atomic E-state index is 13.8. The van der Waals surface area contributed by atoms with Gasteiger partial charge in [-0.2, -0.15) is 0 Å². The highest BCUT2D eigenvalue weighted by atomic mass is 19.1. The third-order valence-electron chi connectivity index (χ3n) is 5.95. The summed E-state index contributed by atoms with van der Waals surface area (Å²) in [5.41, 5.74) is 3.21. The second-order valence-corrected chi connectivity index (χ2v) is 8.95. The van der Waals surface area contributed by atoms with E-state index in [1.54, 1.807) is 48.1 Å². The van der Waals surface area contributed by atoms with Gasteiger partial charge < -0.3 is 25.4 Å². The fraction of sp³-hybridized carbons (Fsp3) is 0.360. The lowest BCUT2D eigenvalue weighted by molar-refractivity contribution is -0.132. The largest absolute Gasteiger partial charge is 0.358 e. The molecule has 3 N–H and O–H groups in total. The Labute approximate surface area is 203 Å². The second-order valence-electron chi connectivity index (χ2n) is 8.95. The van der Waals surface area contributed by atoms with E-state index in [0.29, 0.717) is 33.8 Å². The van der Waals surface area contributed by atoms with Crippen molar-refractivity contribution in [3.63, 3.8) is 0 Å². The van der Waals surface area contributed by atoms with Crippen molar-refractivity contribution < 1.29 is 23.6 Å². The van der Waals surface area contributed by atoms with Crippen LogP contribution in [0.2, 0.25) is 0 Å². The number of fused-ring (bicyclic) bond motifs is 1. The molecule has 10 heteroatoms. The maximum atomic E-state index is 13.8. The molecule has 0 radical (unpaired) electrons. The lowest BCUT2D eigenvalue weighted by Gasteiger charge is -2.22. The number of amides is 4. The van der Waals surface area contributed by atoms with Crippen LogP contribution in [-0.2, 0) is 14.4 Å². The van der Waals surface area contributed by atoms with E-state index in [1.807, 2.05) is 0 Å². The third-order valence-corrected chi connectivity index (χ3v) is 5.95. The molecular weight excluding hydrogens is 453 g/mol. The average molecular weight is 484 g/mol. The number of carbonyl (C=O) groups excluding carboxylic acids is 4. The predicted octanol–water partition coefficient (Wildman–Crippen LogP) is 2.32. The number of rotatable bonds is 7. The van der Waals surface area contributed by atoms with Crippen molar-refractivity contribution in [1.82, 2.24) is 20.1 Å². The molecule has 0 saturated heterocycles. The zero-order valence-corrected chi connectivity index (χ0v) is 20.7. The number of halogens is 1. The van der Waals surface area contributed by atoms with Crippen molar-refractivity contribution in [3.05, 3.63) is 52.1 Å². The van der Waals surface area contributed by atoms with E-state index in [-0.39, 0.29) is 36.1 Å². The molecule has 1 atom stereocenters. The number of benzene rings is 1. The molecule has 0 aliphatic carbocycles. The third kappa shape index (κ3) is 5.42. The lowest BCUT2D eigenvalue weighted by atomic mass is 10.0. The highest BCUT2D eigenvalue weighted by Gasteiger charge is 2.28. The van der Waals surface area contributed by atoms with Gasteiger partial charge in [0.1, 0.15) is 11.9 Å². The number of nitrogens with zero attached hydrogens (tertiary/aromatic N) is 2. The van der Waals surface area contributed by atoms with Crippen molar-refractivity contribution in [1.29, 1.82) is 0 Å². The highest BCUT2D eigenvalue weighted by Crippen LogP contribution is 2.34. The first-order valence-corrected chi connectivity index (χ1v) is 11.1. The van der Waals surface area contributed by atoms with Crippen LogP contribution in [0.3, 0.4) is 0 Å². The molecule has 0 fully saturated rings. The Hall–Kier alpha value is -3.95. The monoisotopic (exact) mass is 483 g/mol. The molecule has 0 saturated carbocycles. The number of H-pyrrole nitrogens is 1. The SMILES string of the molecule is Cc1[nH]c(C=C2C(=O)Nc3ccc(F)cc32)c(C)c1C(=O)N[C@H](CCC(=O)N(C)C)C(=O)N(C)C. The normalized spacial score (nSPS) is 14.4. The van der Waals surface area contributed by atoms with Gasteiger partial charge in [0, 0.05) is 57.3 Å². The molecule has 3 rings (SSSR count). The van der Waals surface area contributed by atoms with Gasteiger partial charge in [0.25, 0.3) is 11.8 Å². The van der Waals surface area contributed by atoms with Crippen LogP contribution in [-0.4, -0.2) is 72.6 Å². The van der Waals surface area contributed by atoms with E-state index in [1.165, 1.54) is 28.0 Å². The van der Waals surface area contributed by atoms with Gasteiger partial charge in [-0.3, -0.25) is 19.2 Å². The van der Waals surface area contributed by atoms with Crippen molar-refractivity contribution in [2.75, 3.05) is 33.5 Å². The molecule has 2 heterocycles. The van der Waals surface area contributed by atoms with E-state index in [0.717, 1.165) is 0 Å². The van der Waals surface area contributed by atoms with Crippen molar-refractivity contribution in [2.45, 2.75) is 32.7 Å². The Kier molecular flexibility index (Phi) is 7.42. The quantitative estimate of drug-likeness (QED) is 0.525. The molecule has 2 aromatic rings. The summed E-state index contributed by atoms with van der Waals surface area (Å²) in [6.07, 6.45) is 1.84. The Morgan fingerprint density at radius 3 is 2.43 bits per heavy atom. The minimum absolute atomic E-state index is 0.102. The van der Waals surface area contributed by atoms with E-state index >= 15 is 0 Å². The minimum Gasteiger partial charge on any atom is -0.358 e. The van der Waals surface area contributed by atoms with Crippen molar-refractivity contribution in [3.8, 4) is 0 Å². The summed E-state index contributed by atoms with van der Waals surface area (Å²) in [4.78, 5) is 56.3. The highest BCUT2D eigenvalue weighted by molar-refractivity contribution is 6.34. The van der Waals surface area contributed by atoms with Gasteiger partial charge in [-0.1, -0.05) is 0 Å². The van der Waals surface area contributed by atoms with Crippen LogP contribution in [0.5, 0.6) is 0 Å². The zero-order chi connectivity index (χ0) is 26.0. The Bertz CT molecular complexity index is 1230. The summed E-state index contributed by atoms with van der Waals surface area (Å²) in [5.74, 6) is -1.77. The Morgan fingerprint density at radius 1 is 1.11 bits per heavy atom. The first-order chi connectivity index (χ1) is 16.4. The standard InChI is InChI=1S/C25H30FN5O4/c1-13-20(12-17-16-11-15(26)7-8-18(16)28-23(17)33)27-14(2)22(13)24(34)29-19(25(35)31(5)6)9-10-21(32)30(3)4/h7-8,11-12,19,27H,9-10H2,1-6H3,(H,28,33)(H,29,34)/t19-/m1/s1. The summed E-state index contributed by atoms with van der Waals surface area (Å²) < 4.78 is 13.8. The van der Waals surface area contributed by atoms with Crippen LogP contribution in [0, 0.1) is 19.7 Å². The van der Waals surface area contributed by atoms with Gasteiger partial charge in [0.05, 0.1) is 11.1 Å². The zero-order valence-electron chi connectivity index (χ0n) is 20.7. The van der Waals surface area contributed by atoms with Crippen LogP contribution in [0.25, 0.3) is 11.6 Å². The first kappa shape index (κ1) is 25.7. The molecular formula is C25H30FN5O4. The molecule has 0 bridgehead atoms. The van der Waals surface area contributed by atoms with Gasteiger partial charge >= 0.3 is 0 Å². The molecule has 0 unspecified atom stereocenters. The van der Waals surface area contributed by atoms with Crippen LogP contribution >= 0.6 is 0 Å². The number of anilines is 1. The molecule has 186 valence electrons. The molecule has 0 spiro atoms. The number of hydrogen-bond donors (Lipinski definition) is 3. The van der Waals surface area contributed by atoms with E-state index in [2.05, 4.69) is 15.6 Å². The molecule has 9 nitrogen and oxygen atoms in total. The van der Waals surface area contributed by atoms with E-state index in [9.17, 15) is 23.6 Å². The van der Waals surface area contributed by atoms with Crippen molar-refractivity contribution >= 4 is 41.0 Å². The summed E-state index contributed by atoms with van der Waals surface area (Å²) in [7, 11) is 6.42. The number of hydrogen-bond acceptors (Lipinski definition) is 4. The van der Waals surface area contributed by atoms with Gasteiger partial charge in [-0.05, 0) is 50.1 Å². The molecule has 1 aliphatic rings.